The number of aryl methyl sites for hydroxylation is 1. The van der Waals surface area contributed by atoms with Crippen molar-refractivity contribution >= 4 is 17.7 Å². The molecule has 0 spiro atoms. The highest BCUT2D eigenvalue weighted by Gasteiger charge is 2.20. The molecular weight excluding hydrogens is 377 g/mol. The summed E-state index contributed by atoms with van der Waals surface area (Å²) in [5, 5.41) is 14.6. The zero-order chi connectivity index (χ0) is 19.9. The normalized spacial score (nSPS) is 13.1. The highest BCUT2D eigenvalue weighted by molar-refractivity contribution is 8.00. The summed E-state index contributed by atoms with van der Waals surface area (Å²) in [6.07, 6.45) is 1.76. The molecule has 0 aliphatic carbocycles. The Bertz CT molecular complexity index is 918. The number of nitrogens with one attached hydrogen (secondary N) is 1. The molecular formula is C20H22FN5OS. The van der Waals surface area contributed by atoms with Gasteiger partial charge in [-0.2, -0.15) is 4.68 Å². The van der Waals surface area contributed by atoms with Crippen LogP contribution in [0.3, 0.4) is 0 Å². The molecule has 0 aliphatic rings. The molecule has 2 aromatic carbocycles. The van der Waals surface area contributed by atoms with Crippen molar-refractivity contribution in [2.24, 2.45) is 0 Å². The third-order valence-electron chi connectivity index (χ3n) is 4.24. The minimum Gasteiger partial charge on any atom is -0.353 e. The number of amides is 1. The standard InChI is InChI=1S/C20H22FN5OS/c1-14(11-12-16-7-4-3-5-8-16)22-19(27)15(2)28-20-23-24-25-26(20)18-10-6-9-17(21)13-18/h3-10,13-15H,11-12H2,1-2H3,(H,22,27)/t14-,15-/m0/s1. The Balaban J connectivity index is 1.55. The minimum absolute atomic E-state index is 0.0509. The van der Waals surface area contributed by atoms with Gasteiger partial charge < -0.3 is 5.32 Å². The number of nitrogens with zero attached hydrogens (tertiary/aromatic N) is 4. The van der Waals surface area contributed by atoms with Gasteiger partial charge in [-0.15, -0.1) is 5.10 Å². The Morgan fingerprint density at radius 3 is 2.71 bits per heavy atom. The van der Waals surface area contributed by atoms with Crippen molar-refractivity contribution in [3.63, 3.8) is 0 Å². The van der Waals surface area contributed by atoms with Crippen molar-refractivity contribution in [3.05, 3.63) is 66.0 Å². The van der Waals surface area contributed by atoms with Crippen LogP contribution in [0, 0.1) is 5.82 Å². The van der Waals surface area contributed by atoms with Gasteiger partial charge in [0.2, 0.25) is 11.1 Å². The molecule has 6 nitrogen and oxygen atoms in total. The van der Waals surface area contributed by atoms with Crippen LogP contribution in [-0.2, 0) is 11.2 Å². The molecule has 8 heteroatoms. The molecule has 146 valence electrons. The maximum Gasteiger partial charge on any atom is 0.233 e. The lowest BCUT2D eigenvalue weighted by molar-refractivity contribution is -0.120. The molecule has 3 rings (SSSR count). The number of carbonyl (C=O) groups excluding carboxylic acids is 1. The second-order valence-electron chi connectivity index (χ2n) is 6.55. The molecule has 3 aromatic rings. The predicted octanol–water partition coefficient (Wildman–Crippen LogP) is 3.42. The maximum atomic E-state index is 13.5. The highest BCUT2D eigenvalue weighted by Crippen LogP contribution is 2.23. The Morgan fingerprint density at radius 1 is 1.18 bits per heavy atom. The predicted molar refractivity (Wildman–Crippen MR) is 107 cm³/mol. The first-order chi connectivity index (χ1) is 13.5. The van der Waals surface area contributed by atoms with Gasteiger partial charge in [0.1, 0.15) is 5.82 Å². The zero-order valence-electron chi connectivity index (χ0n) is 15.7. The van der Waals surface area contributed by atoms with Crippen molar-refractivity contribution in [2.45, 2.75) is 43.1 Å². The molecule has 0 radical (unpaired) electrons. The monoisotopic (exact) mass is 399 g/mol. The van der Waals surface area contributed by atoms with Crippen molar-refractivity contribution in [3.8, 4) is 5.69 Å². The molecule has 1 heterocycles. The summed E-state index contributed by atoms with van der Waals surface area (Å²) in [5.74, 6) is -0.457. The first-order valence-corrected chi connectivity index (χ1v) is 9.96. The lowest BCUT2D eigenvalue weighted by Crippen LogP contribution is -2.38. The molecule has 1 amide bonds. The van der Waals surface area contributed by atoms with Gasteiger partial charge in [-0.1, -0.05) is 48.2 Å². The van der Waals surface area contributed by atoms with Crippen LogP contribution >= 0.6 is 11.8 Å². The molecule has 0 saturated carbocycles. The van der Waals surface area contributed by atoms with Crippen LogP contribution in [0.4, 0.5) is 4.39 Å². The zero-order valence-corrected chi connectivity index (χ0v) is 16.6. The van der Waals surface area contributed by atoms with E-state index in [2.05, 4.69) is 33.0 Å². The summed E-state index contributed by atoms with van der Waals surface area (Å²) in [6.45, 7) is 3.80. The molecule has 1 N–H and O–H groups in total. The third kappa shape index (κ3) is 5.39. The molecule has 0 fully saturated rings. The average Bonchev–Trinajstić information content (AvgIpc) is 3.15. The van der Waals surface area contributed by atoms with Crippen molar-refractivity contribution in [2.75, 3.05) is 0 Å². The van der Waals surface area contributed by atoms with E-state index < -0.39 is 5.25 Å². The fourth-order valence-corrected chi connectivity index (χ4v) is 3.51. The lowest BCUT2D eigenvalue weighted by atomic mass is 10.1. The SMILES string of the molecule is C[C@H](Sc1nnnn1-c1cccc(F)c1)C(=O)N[C@@H](C)CCc1ccccc1. The Morgan fingerprint density at radius 2 is 1.96 bits per heavy atom. The fraction of sp³-hybridized carbons (Fsp3) is 0.300. The minimum atomic E-state index is -0.391. The van der Waals surface area contributed by atoms with Crippen molar-refractivity contribution < 1.29 is 9.18 Å². The van der Waals surface area contributed by atoms with E-state index in [1.807, 2.05) is 25.1 Å². The van der Waals surface area contributed by atoms with Gasteiger partial charge in [0, 0.05) is 6.04 Å². The van der Waals surface area contributed by atoms with Gasteiger partial charge in [-0.3, -0.25) is 4.79 Å². The van der Waals surface area contributed by atoms with Crippen molar-refractivity contribution in [1.29, 1.82) is 0 Å². The quantitative estimate of drug-likeness (QED) is 0.588. The van der Waals surface area contributed by atoms with Gasteiger partial charge in [-0.25, -0.2) is 4.39 Å². The first-order valence-electron chi connectivity index (χ1n) is 9.08. The second-order valence-corrected chi connectivity index (χ2v) is 7.86. The molecule has 2 atom stereocenters. The number of thioether (sulfide) groups is 1. The Hall–Kier alpha value is -2.74. The van der Waals surface area contributed by atoms with E-state index in [1.54, 1.807) is 19.1 Å². The first kappa shape index (κ1) is 20.0. The number of rotatable bonds is 8. The van der Waals surface area contributed by atoms with Crippen LogP contribution in [0.1, 0.15) is 25.8 Å². The van der Waals surface area contributed by atoms with Gasteiger partial charge in [0.15, 0.2) is 0 Å². The van der Waals surface area contributed by atoms with E-state index in [9.17, 15) is 9.18 Å². The van der Waals surface area contributed by atoms with E-state index in [1.165, 1.54) is 34.1 Å². The number of halogens is 1. The van der Waals surface area contributed by atoms with Gasteiger partial charge in [0.05, 0.1) is 10.9 Å². The van der Waals surface area contributed by atoms with Crippen LogP contribution in [0.15, 0.2) is 59.8 Å². The van der Waals surface area contributed by atoms with Crippen LogP contribution in [-0.4, -0.2) is 37.4 Å². The summed E-state index contributed by atoms with van der Waals surface area (Å²) < 4.78 is 14.9. The van der Waals surface area contributed by atoms with E-state index in [4.69, 9.17) is 0 Å². The van der Waals surface area contributed by atoms with E-state index in [0.717, 1.165) is 12.8 Å². The second kappa shape index (κ2) is 9.45. The van der Waals surface area contributed by atoms with Crippen LogP contribution in [0.2, 0.25) is 0 Å². The third-order valence-corrected chi connectivity index (χ3v) is 5.28. The maximum absolute atomic E-state index is 13.5. The lowest BCUT2D eigenvalue weighted by Gasteiger charge is -2.17. The summed E-state index contributed by atoms with van der Waals surface area (Å²) in [6, 6.07) is 16.2. The van der Waals surface area contributed by atoms with E-state index in [-0.39, 0.29) is 17.8 Å². The number of tetrazole rings is 1. The Kier molecular flexibility index (Phi) is 6.76. The number of carbonyl (C=O) groups is 1. The number of aromatic nitrogens is 4. The van der Waals surface area contributed by atoms with Gasteiger partial charge >= 0.3 is 0 Å². The molecule has 0 aliphatic heterocycles. The smallest absolute Gasteiger partial charge is 0.233 e. The molecule has 0 bridgehead atoms. The molecule has 0 saturated heterocycles. The summed E-state index contributed by atoms with van der Waals surface area (Å²) in [7, 11) is 0. The summed E-state index contributed by atoms with van der Waals surface area (Å²) in [4.78, 5) is 12.5. The Labute approximate surface area is 167 Å². The highest BCUT2D eigenvalue weighted by atomic mass is 32.2. The van der Waals surface area contributed by atoms with Crippen LogP contribution in [0.25, 0.3) is 5.69 Å². The largest absolute Gasteiger partial charge is 0.353 e. The van der Waals surface area contributed by atoms with E-state index in [0.29, 0.717) is 10.8 Å². The summed E-state index contributed by atoms with van der Waals surface area (Å²) >= 11 is 1.23. The van der Waals surface area contributed by atoms with E-state index >= 15 is 0 Å². The van der Waals surface area contributed by atoms with Gasteiger partial charge in [-0.05, 0) is 60.9 Å². The number of benzene rings is 2. The molecule has 0 unspecified atom stereocenters. The van der Waals surface area contributed by atoms with Gasteiger partial charge in [0.25, 0.3) is 0 Å². The molecule has 28 heavy (non-hydrogen) atoms. The fourth-order valence-electron chi connectivity index (χ4n) is 2.69. The topological polar surface area (TPSA) is 72.7 Å². The molecule has 1 aromatic heterocycles. The summed E-state index contributed by atoms with van der Waals surface area (Å²) in [5.41, 5.74) is 1.76. The number of hydrogen-bond acceptors (Lipinski definition) is 5. The average molecular weight is 399 g/mol. The van der Waals surface area contributed by atoms with Crippen molar-refractivity contribution in [1.82, 2.24) is 25.5 Å². The number of hydrogen-bond donors (Lipinski definition) is 1. The van der Waals surface area contributed by atoms with Crippen LogP contribution < -0.4 is 5.32 Å². The van der Waals surface area contributed by atoms with Crippen LogP contribution in [0.5, 0.6) is 0 Å².